The molecule has 0 spiro atoms. The van der Waals surface area contributed by atoms with E-state index in [1.165, 1.54) is 4.42 Å². The van der Waals surface area contributed by atoms with Crippen molar-refractivity contribution in [2.75, 3.05) is 6.54 Å². The van der Waals surface area contributed by atoms with Gasteiger partial charge in [0.25, 0.3) is 5.91 Å². The van der Waals surface area contributed by atoms with Gasteiger partial charge in [0, 0.05) is 18.3 Å². The highest BCUT2D eigenvalue weighted by Crippen LogP contribution is 2.39. The number of carbonyl (C=O) groups excluding carboxylic acids is 1. The van der Waals surface area contributed by atoms with Crippen LogP contribution in [0.4, 0.5) is 0 Å². The Hall–Kier alpha value is -0.760. The molecule has 2 nitrogen and oxygen atoms in total. The van der Waals surface area contributed by atoms with E-state index < -0.39 is 5.41 Å². The van der Waals surface area contributed by atoms with Gasteiger partial charge in [-0.1, -0.05) is 19.1 Å². The molecule has 1 atom stereocenters. The Labute approximate surface area is 77.6 Å². The SMILES string of the molecule is C=CC1(C=C)C(=O)N(Cl)CC1C. The molecule has 3 heteroatoms. The smallest absolute Gasteiger partial charge is 0.251 e. The third-order valence-corrected chi connectivity index (χ3v) is 2.81. The highest BCUT2D eigenvalue weighted by atomic mass is 35.5. The Morgan fingerprint density at radius 1 is 1.67 bits per heavy atom. The van der Waals surface area contributed by atoms with E-state index in [0.29, 0.717) is 6.54 Å². The Kier molecular flexibility index (Phi) is 2.29. The molecule has 1 rings (SSSR count). The zero-order valence-electron chi connectivity index (χ0n) is 7.09. The van der Waals surface area contributed by atoms with Crippen LogP contribution in [0, 0.1) is 11.3 Å². The number of nitrogens with zero attached hydrogens (tertiary/aromatic N) is 1. The molecule has 1 amide bonds. The molecular formula is C9H12ClNO. The van der Waals surface area contributed by atoms with Crippen molar-refractivity contribution in [3.63, 3.8) is 0 Å². The molecule has 1 unspecified atom stereocenters. The van der Waals surface area contributed by atoms with Crippen molar-refractivity contribution < 1.29 is 4.79 Å². The fourth-order valence-corrected chi connectivity index (χ4v) is 1.91. The van der Waals surface area contributed by atoms with Gasteiger partial charge in [0.05, 0.1) is 5.41 Å². The van der Waals surface area contributed by atoms with Gasteiger partial charge < -0.3 is 0 Å². The fourth-order valence-electron chi connectivity index (χ4n) is 1.56. The molecule has 0 bridgehead atoms. The molecule has 0 aromatic heterocycles. The van der Waals surface area contributed by atoms with Crippen molar-refractivity contribution in [3.8, 4) is 0 Å². The maximum atomic E-state index is 11.6. The molecule has 12 heavy (non-hydrogen) atoms. The largest absolute Gasteiger partial charge is 0.272 e. The van der Waals surface area contributed by atoms with E-state index in [1.54, 1.807) is 12.2 Å². The molecule has 1 fully saturated rings. The van der Waals surface area contributed by atoms with Gasteiger partial charge in [-0.15, -0.1) is 13.2 Å². The van der Waals surface area contributed by atoms with Crippen LogP contribution >= 0.6 is 11.8 Å². The predicted octanol–water partition coefficient (Wildman–Crippen LogP) is 1.98. The Bertz CT molecular complexity index is 229. The van der Waals surface area contributed by atoms with E-state index >= 15 is 0 Å². The lowest BCUT2D eigenvalue weighted by atomic mass is 9.79. The van der Waals surface area contributed by atoms with Gasteiger partial charge in [0.15, 0.2) is 0 Å². The maximum Gasteiger partial charge on any atom is 0.251 e. The van der Waals surface area contributed by atoms with Crippen LogP contribution in [-0.2, 0) is 4.79 Å². The van der Waals surface area contributed by atoms with E-state index in [4.69, 9.17) is 11.8 Å². The molecule has 0 radical (unpaired) electrons. The van der Waals surface area contributed by atoms with E-state index in [2.05, 4.69) is 13.2 Å². The average Bonchev–Trinajstić information content (AvgIpc) is 2.26. The van der Waals surface area contributed by atoms with Gasteiger partial charge in [-0.3, -0.25) is 9.21 Å². The molecule has 0 aromatic carbocycles. The first kappa shape index (κ1) is 9.33. The second-order valence-corrected chi connectivity index (χ2v) is 3.50. The number of hydrogen-bond donors (Lipinski definition) is 0. The fraction of sp³-hybridized carbons (Fsp3) is 0.444. The standard InChI is InChI=1S/C9H12ClNO/c1-4-9(5-2)7(3)6-11(10)8(9)12/h4-5,7H,1-2,6H2,3H3. The summed E-state index contributed by atoms with van der Waals surface area (Å²) in [7, 11) is 0. The lowest BCUT2D eigenvalue weighted by Gasteiger charge is -2.21. The van der Waals surface area contributed by atoms with Crippen molar-refractivity contribution in [2.24, 2.45) is 11.3 Å². The maximum absolute atomic E-state index is 11.6. The Morgan fingerprint density at radius 3 is 2.33 bits per heavy atom. The van der Waals surface area contributed by atoms with Gasteiger partial charge in [-0.2, -0.15) is 0 Å². The molecule has 1 aliphatic heterocycles. The van der Waals surface area contributed by atoms with E-state index in [9.17, 15) is 4.79 Å². The summed E-state index contributed by atoms with van der Waals surface area (Å²) >= 11 is 5.69. The third kappa shape index (κ3) is 0.985. The van der Waals surface area contributed by atoms with Crippen LogP contribution in [-0.4, -0.2) is 16.9 Å². The lowest BCUT2D eigenvalue weighted by molar-refractivity contribution is -0.128. The summed E-state index contributed by atoms with van der Waals surface area (Å²) in [6, 6.07) is 0. The van der Waals surface area contributed by atoms with E-state index in [-0.39, 0.29) is 11.8 Å². The van der Waals surface area contributed by atoms with Crippen molar-refractivity contribution in [1.29, 1.82) is 0 Å². The summed E-state index contributed by atoms with van der Waals surface area (Å²) in [4.78, 5) is 11.6. The van der Waals surface area contributed by atoms with Crippen LogP contribution in [0.5, 0.6) is 0 Å². The second kappa shape index (κ2) is 2.94. The van der Waals surface area contributed by atoms with Crippen LogP contribution in [0.1, 0.15) is 6.92 Å². The van der Waals surface area contributed by atoms with Crippen molar-refractivity contribution in [3.05, 3.63) is 25.3 Å². The van der Waals surface area contributed by atoms with Gasteiger partial charge >= 0.3 is 0 Å². The first-order valence-electron chi connectivity index (χ1n) is 3.83. The summed E-state index contributed by atoms with van der Waals surface area (Å²) in [6.45, 7) is 9.80. The van der Waals surface area contributed by atoms with E-state index in [0.717, 1.165) is 0 Å². The number of halogens is 1. The summed E-state index contributed by atoms with van der Waals surface area (Å²) < 4.78 is 1.20. The molecular weight excluding hydrogens is 174 g/mol. The zero-order chi connectivity index (χ0) is 9.35. The lowest BCUT2D eigenvalue weighted by Crippen LogP contribution is -2.29. The number of hydrogen-bond acceptors (Lipinski definition) is 1. The molecule has 0 N–H and O–H groups in total. The minimum atomic E-state index is -0.651. The Morgan fingerprint density at radius 2 is 2.17 bits per heavy atom. The van der Waals surface area contributed by atoms with Gasteiger partial charge in [0.2, 0.25) is 0 Å². The summed E-state index contributed by atoms with van der Waals surface area (Å²) in [6.07, 6.45) is 3.24. The summed E-state index contributed by atoms with van der Waals surface area (Å²) in [5.41, 5.74) is -0.651. The minimum absolute atomic E-state index is 0.123. The average molecular weight is 186 g/mol. The van der Waals surface area contributed by atoms with Gasteiger partial charge in [-0.25, -0.2) is 0 Å². The molecule has 1 aliphatic rings. The third-order valence-electron chi connectivity index (χ3n) is 2.52. The van der Waals surface area contributed by atoms with Crippen molar-refractivity contribution >= 4 is 17.7 Å². The van der Waals surface area contributed by atoms with Crippen LogP contribution in [0.25, 0.3) is 0 Å². The summed E-state index contributed by atoms with van der Waals surface area (Å²) in [5.74, 6) is 0.0270. The second-order valence-electron chi connectivity index (χ2n) is 3.09. The van der Waals surface area contributed by atoms with Gasteiger partial charge in [-0.05, 0) is 5.92 Å². The van der Waals surface area contributed by atoms with E-state index in [1.807, 2.05) is 6.92 Å². The predicted molar refractivity (Wildman–Crippen MR) is 49.6 cm³/mol. The number of carbonyl (C=O) groups is 1. The Balaban J connectivity index is 3.09. The van der Waals surface area contributed by atoms with Crippen LogP contribution < -0.4 is 0 Å². The molecule has 0 aliphatic carbocycles. The molecule has 1 heterocycles. The quantitative estimate of drug-likeness (QED) is 0.476. The van der Waals surface area contributed by atoms with Crippen molar-refractivity contribution in [2.45, 2.75) is 6.92 Å². The first-order valence-corrected chi connectivity index (χ1v) is 4.17. The first-order chi connectivity index (χ1) is 5.58. The highest BCUT2D eigenvalue weighted by Gasteiger charge is 2.47. The molecule has 0 aromatic rings. The monoisotopic (exact) mass is 185 g/mol. The highest BCUT2D eigenvalue weighted by molar-refractivity contribution is 6.23. The number of amides is 1. The topological polar surface area (TPSA) is 20.3 Å². The van der Waals surface area contributed by atoms with Crippen LogP contribution in [0.2, 0.25) is 0 Å². The number of rotatable bonds is 2. The van der Waals surface area contributed by atoms with Crippen LogP contribution in [0.3, 0.4) is 0 Å². The molecule has 1 saturated heterocycles. The summed E-state index contributed by atoms with van der Waals surface area (Å²) in [5, 5.41) is 0. The van der Waals surface area contributed by atoms with Gasteiger partial charge in [0.1, 0.15) is 0 Å². The molecule has 66 valence electrons. The zero-order valence-corrected chi connectivity index (χ0v) is 7.84. The normalized spacial score (nSPS) is 27.3. The molecule has 0 saturated carbocycles. The van der Waals surface area contributed by atoms with Crippen LogP contribution in [0.15, 0.2) is 25.3 Å². The minimum Gasteiger partial charge on any atom is -0.272 e. The van der Waals surface area contributed by atoms with Crippen molar-refractivity contribution in [1.82, 2.24) is 4.42 Å².